The van der Waals surface area contributed by atoms with E-state index in [1.54, 1.807) is 12.1 Å². The highest BCUT2D eigenvalue weighted by molar-refractivity contribution is 5.50. The summed E-state index contributed by atoms with van der Waals surface area (Å²) in [7, 11) is 1.41. The summed E-state index contributed by atoms with van der Waals surface area (Å²) in [6, 6.07) is 7.30. The van der Waals surface area contributed by atoms with Gasteiger partial charge in [0.05, 0.1) is 30.0 Å². The molecule has 0 radical (unpaired) electrons. The van der Waals surface area contributed by atoms with Crippen molar-refractivity contribution < 1.29 is 14.4 Å². The molecular formula is C12H11N3O4. The van der Waals surface area contributed by atoms with E-state index in [1.165, 1.54) is 31.5 Å². The molecule has 2 rings (SSSR count). The Morgan fingerprint density at radius 2 is 2.05 bits per heavy atom. The second-order valence-corrected chi connectivity index (χ2v) is 3.62. The van der Waals surface area contributed by atoms with E-state index in [-0.39, 0.29) is 11.4 Å². The molecule has 7 nitrogen and oxygen atoms in total. The number of hydrogen-bond acceptors (Lipinski definition) is 6. The molecule has 0 aliphatic carbocycles. The van der Waals surface area contributed by atoms with E-state index in [1.807, 2.05) is 0 Å². The summed E-state index contributed by atoms with van der Waals surface area (Å²) in [4.78, 5) is 14.1. The van der Waals surface area contributed by atoms with Gasteiger partial charge in [-0.05, 0) is 12.1 Å². The molecule has 1 aromatic carbocycles. The predicted molar refractivity (Wildman–Crippen MR) is 68.4 cm³/mol. The number of hydrogen-bond donors (Lipinski definition) is 1. The molecule has 7 heteroatoms. The number of nitro benzene ring substituents is 1. The number of pyridine rings is 1. The van der Waals surface area contributed by atoms with Gasteiger partial charge in [0.25, 0.3) is 5.69 Å². The van der Waals surface area contributed by atoms with Crippen LogP contribution in [-0.2, 0) is 0 Å². The summed E-state index contributed by atoms with van der Waals surface area (Å²) >= 11 is 0. The molecule has 0 aliphatic rings. The highest BCUT2D eigenvalue weighted by atomic mass is 16.6. The number of methoxy groups -OCH3 is 1. The molecule has 1 heterocycles. The Hall–Kier alpha value is -2.83. The lowest BCUT2D eigenvalue weighted by Crippen LogP contribution is -1.95. The molecule has 0 amide bonds. The topological polar surface area (TPSA) is 101 Å². The summed E-state index contributed by atoms with van der Waals surface area (Å²) in [6.07, 6.45) is 1.45. The first-order chi connectivity index (χ1) is 9.10. The van der Waals surface area contributed by atoms with E-state index in [0.717, 1.165) is 0 Å². The SMILES string of the molecule is COc1cc([N+](=O)[O-])ccc1Oc1ccc(N)cn1. The van der Waals surface area contributed by atoms with Crippen molar-refractivity contribution in [1.82, 2.24) is 4.98 Å². The van der Waals surface area contributed by atoms with E-state index in [9.17, 15) is 10.1 Å². The van der Waals surface area contributed by atoms with Gasteiger partial charge in [-0.25, -0.2) is 4.98 Å². The molecule has 0 bridgehead atoms. The number of nitro groups is 1. The quantitative estimate of drug-likeness (QED) is 0.669. The highest BCUT2D eigenvalue weighted by Gasteiger charge is 2.13. The average Bonchev–Trinajstić information content (AvgIpc) is 2.41. The highest BCUT2D eigenvalue weighted by Crippen LogP contribution is 2.33. The third kappa shape index (κ3) is 2.89. The van der Waals surface area contributed by atoms with Crippen molar-refractivity contribution in [1.29, 1.82) is 0 Å². The van der Waals surface area contributed by atoms with Gasteiger partial charge in [-0.1, -0.05) is 0 Å². The van der Waals surface area contributed by atoms with Crippen LogP contribution in [0.1, 0.15) is 0 Å². The van der Waals surface area contributed by atoms with Crippen LogP contribution < -0.4 is 15.2 Å². The van der Waals surface area contributed by atoms with Crippen molar-refractivity contribution in [2.75, 3.05) is 12.8 Å². The van der Waals surface area contributed by atoms with Crippen LogP contribution in [-0.4, -0.2) is 17.0 Å². The number of aromatic nitrogens is 1. The van der Waals surface area contributed by atoms with Crippen molar-refractivity contribution in [3.05, 3.63) is 46.6 Å². The molecule has 0 spiro atoms. The number of nitrogens with zero attached hydrogens (tertiary/aromatic N) is 2. The van der Waals surface area contributed by atoms with Crippen molar-refractivity contribution >= 4 is 11.4 Å². The molecular weight excluding hydrogens is 250 g/mol. The third-order valence-electron chi connectivity index (χ3n) is 2.33. The largest absolute Gasteiger partial charge is 0.493 e. The van der Waals surface area contributed by atoms with Gasteiger partial charge in [0.2, 0.25) is 5.88 Å². The van der Waals surface area contributed by atoms with Crippen LogP contribution in [0.3, 0.4) is 0 Å². The molecule has 0 atom stereocenters. The fourth-order valence-corrected chi connectivity index (χ4v) is 1.42. The summed E-state index contributed by atoms with van der Waals surface area (Å²) in [5, 5.41) is 10.7. The molecule has 0 aliphatic heterocycles. The minimum absolute atomic E-state index is 0.0746. The maximum atomic E-state index is 10.7. The number of anilines is 1. The second-order valence-electron chi connectivity index (χ2n) is 3.62. The van der Waals surface area contributed by atoms with E-state index >= 15 is 0 Å². The molecule has 19 heavy (non-hydrogen) atoms. The Morgan fingerprint density at radius 1 is 1.26 bits per heavy atom. The number of non-ortho nitro benzene ring substituents is 1. The minimum Gasteiger partial charge on any atom is -0.493 e. The maximum Gasteiger partial charge on any atom is 0.273 e. The van der Waals surface area contributed by atoms with Crippen LogP contribution in [0, 0.1) is 10.1 Å². The van der Waals surface area contributed by atoms with Crippen LogP contribution in [0.2, 0.25) is 0 Å². The van der Waals surface area contributed by atoms with Gasteiger partial charge < -0.3 is 15.2 Å². The zero-order valence-corrected chi connectivity index (χ0v) is 10.1. The Bertz CT molecular complexity index is 598. The van der Waals surface area contributed by atoms with Crippen molar-refractivity contribution in [2.45, 2.75) is 0 Å². The molecule has 0 saturated carbocycles. The van der Waals surface area contributed by atoms with Crippen LogP contribution in [0.4, 0.5) is 11.4 Å². The standard InChI is InChI=1S/C12H11N3O4/c1-18-11-6-9(15(16)17)3-4-10(11)19-12-5-2-8(13)7-14-12/h2-7H,13H2,1H3. The first-order valence-electron chi connectivity index (χ1n) is 5.32. The van der Waals surface area contributed by atoms with Crippen molar-refractivity contribution in [2.24, 2.45) is 0 Å². The average molecular weight is 261 g/mol. The van der Waals surface area contributed by atoms with Gasteiger partial charge in [0.15, 0.2) is 11.5 Å². The molecule has 0 saturated heterocycles. The lowest BCUT2D eigenvalue weighted by Gasteiger charge is -2.09. The number of ether oxygens (including phenoxy) is 2. The lowest BCUT2D eigenvalue weighted by molar-refractivity contribution is -0.384. The normalized spacial score (nSPS) is 9.95. The summed E-state index contributed by atoms with van der Waals surface area (Å²) in [5.41, 5.74) is 5.95. The smallest absolute Gasteiger partial charge is 0.273 e. The fourth-order valence-electron chi connectivity index (χ4n) is 1.42. The van der Waals surface area contributed by atoms with Crippen LogP contribution >= 0.6 is 0 Å². The van der Waals surface area contributed by atoms with E-state index < -0.39 is 4.92 Å². The number of rotatable bonds is 4. The van der Waals surface area contributed by atoms with Crippen LogP contribution in [0.5, 0.6) is 17.4 Å². The fraction of sp³-hybridized carbons (Fsp3) is 0.0833. The number of benzene rings is 1. The zero-order chi connectivity index (χ0) is 13.8. The molecule has 0 fully saturated rings. The van der Waals surface area contributed by atoms with Gasteiger partial charge in [-0.2, -0.15) is 0 Å². The third-order valence-corrected chi connectivity index (χ3v) is 2.33. The van der Waals surface area contributed by atoms with Gasteiger partial charge in [-0.3, -0.25) is 10.1 Å². The van der Waals surface area contributed by atoms with Crippen molar-refractivity contribution in [3.8, 4) is 17.4 Å². The monoisotopic (exact) mass is 261 g/mol. The zero-order valence-electron chi connectivity index (χ0n) is 10.1. The van der Waals surface area contributed by atoms with E-state index in [2.05, 4.69) is 4.98 Å². The minimum atomic E-state index is -0.506. The molecule has 1 aromatic heterocycles. The van der Waals surface area contributed by atoms with Crippen LogP contribution in [0.15, 0.2) is 36.5 Å². The summed E-state index contributed by atoms with van der Waals surface area (Å²) in [5.74, 6) is 0.916. The Labute approximate surface area is 108 Å². The Balaban J connectivity index is 2.29. The molecule has 2 aromatic rings. The Kier molecular flexibility index (Phi) is 3.46. The Morgan fingerprint density at radius 3 is 2.63 bits per heavy atom. The maximum absolute atomic E-state index is 10.7. The van der Waals surface area contributed by atoms with Crippen molar-refractivity contribution in [3.63, 3.8) is 0 Å². The van der Waals surface area contributed by atoms with Gasteiger partial charge in [0, 0.05) is 12.1 Å². The predicted octanol–water partition coefficient (Wildman–Crippen LogP) is 2.37. The van der Waals surface area contributed by atoms with E-state index in [0.29, 0.717) is 17.3 Å². The first kappa shape index (κ1) is 12.6. The van der Waals surface area contributed by atoms with Gasteiger partial charge in [0.1, 0.15) is 0 Å². The van der Waals surface area contributed by atoms with E-state index in [4.69, 9.17) is 15.2 Å². The first-order valence-corrected chi connectivity index (χ1v) is 5.32. The molecule has 0 unspecified atom stereocenters. The lowest BCUT2D eigenvalue weighted by atomic mass is 10.3. The number of nitrogens with two attached hydrogens (primary N) is 1. The summed E-state index contributed by atoms with van der Waals surface area (Å²) in [6.45, 7) is 0. The number of nitrogen functional groups attached to an aromatic ring is 1. The van der Waals surface area contributed by atoms with Gasteiger partial charge in [-0.15, -0.1) is 0 Å². The molecule has 2 N–H and O–H groups in total. The van der Waals surface area contributed by atoms with Crippen LogP contribution in [0.25, 0.3) is 0 Å². The summed E-state index contributed by atoms with van der Waals surface area (Å²) < 4.78 is 10.5. The second kappa shape index (κ2) is 5.21. The van der Waals surface area contributed by atoms with Gasteiger partial charge >= 0.3 is 0 Å². The molecule has 98 valence electrons.